The fraction of sp³-hybridized carbons (Fsp3) is 0.625. The lowest BCUT2D eigenvalue weighted by Crippen LogP contribution is -2.32. The van der Waals surface area contributed by atoms with E-state index in [1.165, 1.54) is 23.1 Å². The van der Waals surface area contributed by atoms with Crippen LogP contribution in [0.1, 0.15) is 43.0 Å². The average molecular weight is 248 g/mol. The van der Waals surface area contributed by atoms with E-state index in [1.54, 1.807) is 0 Å². The number of aryl methyl sites for hydroxylation is 2. The lowest BCUT2D eigenvalue weighted by Gasteiger charge is -2.23. The summed E-state index contributed by atoms with van der Waals surface area (Å²) in [7, 11) is 4.25. The molecule has 0 aliphatic heterocycles. The van der Waals surface area contributed by atoms with Crippen LogP contribution in [-0.2, 0) is 0 Å². The first-order valence-corrected chi connectivity index (χ1v) is 6.88. The maximum atomic E-state index is 3.69. The monoisotopic (exact) mass is 248 g/mol. The van der Waals surface area contributed by atoms with Crippen LogP contribution in [0.25, 0.3) is 0 Å². The Balaban J connectivity index is 2.56. The molecule has 1 aromatic carbocycles. The molecule has 0 spiro atoms. The molecule has 0 aromatic heterocycles. The Morgan fingerprint density at radius 2 is 1.83 bits per heavy atom. The van der Waals surface area contributed by atoms with E-state index in [1.807, 2.05) is 0 Å². The van der Waals surface area contributed by atoms with Crippen molar-refractivity contribution < 1.29 is 0 Å². The minimum Gasteiger partial charge on any atom is -0.309 e. The van der Waals surface area contributed by atoms with E-state index in [9.17, 15) is 0 Å². The molecule has 0 aliphatic rings. The Bertz CT molecular complexity index is 371. The Kier molecular flexibility index (Phi) is 5.83. The molecule has 0 bridgehead atoms. The SMILES string of the molecule is Cc1ccc(C(C)NC(C)CCN(C)C)c(C)c1. The van der Waals surface area contributed by atoms with Gasteiger partial charge in [-0.25, -0.2) is 0 Å². The van der Waals surface area contributed by atoms with Crippen LogP contribution in [0.4, 0.5) is 0 Å². The van der Waals surface area contributed by atoms with Crippen LogP contribution in [0.5, 0.6) is 0 Å². The van der Waals surface area contributed by atoms with Gasteiger partial charge in [0, 0.05) is 12.1 Å². The first-order valence-electron chi connectivity index (χ1n) is 6.88. The first-order chi connectivity index (χ1) is 8.40. The largest absolute Gasteiger partial charge is 0.309 e. The van der Waals surface area contributed by atoms with E-state index in [4.69, 9.17) is 0 Å². The molecule has 0 fully saturated rings. The van der Waals surface area contributed by atoms with Gasteiger partial charge in [-0.1, -0.05) is 23.8 Å². The quantitative estimate of drug-likeness (QED) is 0.831. The maximum Gasteiger partial charge on any atom is 0.0296 e. The molecular formula is C16H28N2. The molecule has 2 nitrogen and oxygen atoms in total. The van der Waals surface area contributed by atoms with Gasteiger partial charge in [-0.15, -0.1) is 0 Å². The number of rotatable bonds is 6. The van der Waals surface area contributed by atoms with Crippen molar-refractivity contribution in [1.29, 1.82) is 0 Å². The van der Waals surface area contributed by atoms with Crippen LogP contribution in [0, 0.1) is 13.8 Å². The van der Waals surface area contributed by atoms with Crippen LogP contribution in [0.3, 0.4) is 0 Å². The highest BCUT2D eigenvalue weighted by molar-refractivity contribution is 5.32. The van der Waals surface area contributed by atoms with E-state index < -0.39 is 0 Å². The van der Waals surface area contributed by atoms with Gasteiger partial charge in [0.1, 0.15) is 0 Å². The summed E-state index contributed by atoms with van der Waals surface area (Å²) in [5.74, 6) is 0. The lowest BCUT2D eigenvalue weighted by atomic mass is 9.99. The van der Waals surface area contributed by atoms with Crippen molar-refractivity contribution in [1.82, 2.24) is 10.2 Å². The summed E-state index contributed by atoms with van der Waals surface area (Å²) >= 11 is 0. The number of hydrogen-bond acceptors (Lipinski definition) is 2. The Morgan fingerprint density at radius 3 is 2.39 bits per heavy atom. The zero-order valence-electron chi connectivity index (χ0n) is 12.7. The smallest absolute Gasteiger partial charge is 0.0296 e. The molecule has 0 aliphatic carbocycles. The molecule has 0 amide bonds. The van der Waals surface area contributed by atoms with Crippen LogP contribution in [0.15, 0.2) is 18.2 Å². The molecule has 2 atom stereocenters. The Morgan fingerprint density at radius 1 is 1.17 bits per heavy atom. The third kappa shape index (κ3) is 4.79. The van der Waals surface area contributed by atoms with Crippen LogP contribution < -0.4 is 5.32 Å². The number of nitrogens with zero attached hydrogens (tertiary/aromatic N) is 1. The van der Waals surface area contributed by atoms with Gasteiger partial charge in [0.15, 0.2) is 0 Å². The van der Waals surface area contributed by atoms with Crippen molar-refractivity contribution in [3.8, 4) is 0 Å². The van der Waals surface area contributed by atoms with Gasteiger partial charge in [-0.3, -0.25) is 0 Å². The molecule has 2 unspecified atom stereocenters. The van der Waals surface area contributed by atoms with Gasteiger partial charge in [0.05, 0.1) is 0 Å². The predicted octanol–water partition coefficient (Wildman–Crippen LogP) is 3.29. The second kappa shape index (κ2) is 6.91. The molecule has 102 valence electrons. The second-order valence-corrected chi connectivity index (χ2v) is 5.74. The maximum absolute atomic E-state index is 3.69. The summed E-state index contributed by atoms with van der Waals surface area (Å²) in [6.07, 6.45) is 1.18. The third-order valence-electron chi connectivity index (χ3n) is 3.44. The van der Waals surface area contributed by atoms with Crippen molar-refractivity contribution in [2.24, 2.45) is 0 Å². The minimum absolute atomic E-state index is 0.419. The van der Waals surface area contributed by atoms with Gasteiger partial charge >= 0.3 is 0 Å². The van der Waals surface area contributed by atoms with E-state index in [0.29, 0.717) is 12.1 Å². The highest BCUT2D eigenvalue weighted by Gasteiger charge is 2.11. The summed E-state index contributed by atoms with van der Waals surface area (Å²) in [6.45, 7) is 10.0. The molecule has 1 aromatic rings. The first kappa shape index (κ1) is 15.2. The average Bonchev–Trinajstić information content (AvgIpc) is 2.26. The molecule has 1 rings (SSSR count). The zero-order chi connectivity index (χ0) is 13.7. The molecule has 0 heterocycles. The normalized spacial score (nSPS) is 14.8. The minimum atomic E-state index is 0.419. The number of benzene rings is 1. The van der Waals surface area contributed by atoms with Gasteiger partial charge in [0.25, 0.3) is 0 Å². The van der Waals surface area contributed by atoms with Crippen molar-refractivity contribution >= 4 is 0 Å². The summed E-state index contributed by atoms with van der Waals surface area (Å²) < 4.78 is 0. The zero-order valence-corrected chi connectivity index (χ0v) is 12.7. The molecule has 0 saturated heterocycles. The van der Waals surface area contributed by atoms with Crippen molar-refractivity contribution in [3.63, 3.8) is 0 Å². The van der Waals surface area contributed by atoms with E-state index in [2.05, 4.69) is 70.2 Å². The predicted molar refractivity (Wildman–Crippen MR) is 80.1 cm³/mol. The highest BCUT2D eigenvalue weighted by atomic mass is 15.1. The van der Waals surface area contributed by atoms with Gasteiger partial charge in [0.2, 0.25) is 0 Å². The molecule has 18 heavy (non-hydrogen) atoms. The van der Waals surface area contributed by atoms with Gasteiger partial charge < -0.3 is 10.2 Å². The Hall–Kier alpha value is -0.860. The number of hydrogen-bond donors (Lipinski definition) is 1. The van der Waals surface area contributed by atoms with Crippen LogP contribution >= 0.6 is 0 Å². The van der Waals surface area contributed by atoms with Gasteiger partial charge in [-0.2, -0.15) is 0 Å². The third-order valence-corrected chi connectivity index (χ3v) is 3.44. The standard InChI is InChI=1S/C16H28N2/c1-12-7-8-16(13(2)11-12)15(4)17-14(3)9-10-18(5)6/h7-8,11,14-15,17H,9-10H2,1-6H3. The summed E-state index contributed by atoms with van der Waals surface area (Å²) in [5, 5.41) is 3.69. The van der Waals surface area contributed by atoms with Crippen molar-refractivity contribution in [3.05, 3.63) is 34.9 Å². The van der Waals surface area contributed by atoms with Crippen LogP contribution in [-0.4, -0.2) is 31.6 Å². The van der Waals surface area contributed by atoms with Gasteiger partial charge in [-0.05, 0) is 65.9 Å². The fourth-order valence-corrected chi connectivity index (χ4v) is 2.36. The number of nitrogens with one attached hydrogen (secondary N) is 1. The van der Waals surface area contributed by atoms with Crippen LogP contribution in [0.2, 0.25) is 0 Å². The molecule has 1 N–H and O–H groups in total. The van der Waals surface area contributed by atoms with Crippen molar-refractivity contribution in [2.75, 3.05) is 20.6 Å². The molecule has 0 radical (unpaired) electrons. The van der Waals surface area contributed by atoms with E-state index in [-0.39, 0.29) is 0 Å². The highest BCUT2D eigenvalue weighted by Crippen LogP contribution is 2.19. The topological polar surface area (TPSA) is 15.3 Å². The van der Waals surface area contributed by atoms with E-state index in [0.717, 1.165) is 6.54 Å². The fourth-order valence-electron chi connectivity index (χ4n) is 2.36. The Labute approximate surface area is 112 Å². The summed E-state index contributed by atoms with van der Waals surface area (Å²) in [5.41, 5.74) is 4.14. The lowest BCUT2D eigenvalue weighted by molar-refractivity contribution is 0.354. The van der Waals surface area contributed by atoms with E-state index >= 15 is 0 Å². The summed E-state index contributed by atoms with van der Waals surface area (Å²) in [6, 6.07) is 7.68. The van der Waals surface area contributed by atoms with Crippen molar-refractivity contribution in [2.45, 2.75) is 46.2 Å². The second-order valence-electron chi connectivity index (χ2n) is 5.74. The summed E-state index contributed by atoms with van der Waals surface area (Å²) in [4.78, 5) is 2.24. The molecule has 2 heteroatoms. The molecule has 0 saturated carbocycles. The molecular weight excluding hydrogens is 220 g/mol.